The minimum atomic E-state index is -2.25. The number of hydrogen-bond acceptors (Lipinski definition) is 0. The van der Waals surface area contributed by atoms with Crippen molar-refractivity contribution in [3.8, 4) is 0 Å². The van der Waals surface area contributed by atoms with Gasteiger partial charge in [-0.15, -0.1) is 0 Å². The Morgan fingerprint density at radius 2 is 1.30 bits per heavy atom. The van der Waals surface area contributed by atoms with E-state index in [-0.39, 0.29) is 0 Å². The summed E-state index contributed by atoms with van der Waals surface area (Å²) in [5, 5.41) is 0. The summed E-state index contributed by atoms with van der Waals surface area (Å²) in [7, 11) is 0. The van der Waals surface area contributed by atoms with Crippen LogP contribution in [0.25, 0.3) is 0 Å². The molecule has 2 heteroatoms. The van der Waals surface area contributed by atoms with Gasteiger partial charge in [0.2, 0.25) is 0 Å². The summed E-state index contributed by atoms with van der Waals surface area (Å²) in [5.41, 5.74) is 0. The minimum absolute atomic E-state index is 0.578. The second-order valence-corrected chi connectivity index (χ2v) is 8.34. The predicted molar refractivity (Wildman–Crippen MR) is 46.2 cm³/mol. The van der Waals surface area contributed by atoms with E-state index < -0.39 is 16.7 Å². The third-order valence-corrected chi connectivity index (χ3v) is 7.56. The molecule has 0 aromatic heterocycles. The van der Waals surface area contributed by atoms with E-state index in [0.717, 1.165) is 9.95 Å². The van der Waals surface area contributed by atoms with Crippen LogP contribution >= 0.6 is 0 Å². The fraction of sp³-hybridized carbons (Fsp3) is 1.00. The van der Waals surface area contributed by atoms with Crippen LogP contribution in [0, 0.1) is 11.8 Å². The van der Waals surface area contributed by atoms with Crippen LogP contribution in [0.4, 0.5) is 3.29 Å². The molecule has 0 aliphatic carbocycles. The monoisotopic (exact) mass is 202 g/mol. The van der Waals surface area contributed by atoms with Crippen LogP contribution < -0.4 is 0 Å². The summed E-state index contributed by atoms with van der Waals surface area (Å²) >= 11 is -2.25. The molecular weight excluding hydrogens is 185 g/mol. The molecule has 0 rings (SSSR count). The summed E-state index contributed by atoms with van der Waals surface area (Å²) in [6, 6.07) is 0. The second kappa shape index (κ2) is 5.25. The van der Waals surface area contributed by atoms with Gasteiger partial charge >= 0.3 is 69.5 Å². The van der Waals surface area contributed by atoms with Crippen LogP contribution in [0.3, 0.4) is 0 Å². The van der Waals surface area contributed by atoms with Crippen molar-refractivity contribution in [1.82, 2.24) is 0 Å². The Morgan fingerprint density at radius 1 is 1.00 bits per heavy atom. The normalized spacial score (nSPS) is 11.1. The first-order chi connectivity index (χ1) is 4.52. The quantitative estimate of drug-likeness (QED) is 0.615. The van der Waals surface area contributed by atoms with E-state index in [0.29, 0.717) is 11.8 Å². The van der Waals surface area contributed by atoms with Crippen molar-refractivity contribution in [3.63, 3.8) is 0 Å². The van der Waals surface area contributed by atoms with Crippen molar-refractivity contribution < 1.29 is 3.29 Å². The third kappa shape index (κ3) is 6.68. The molecule has 0 bridgehead atoms. The molecule has 0 saturated heterocycles. The Balaban J connectivity index is 3.34. The van der Waals surface area contributed by atoms with Crippen LogP contribution in [0.1, 0.15) is 27.7 Å². The number of hydrogen-bond donors (Lipinski definition) is 0. The molecule has 0 aromatic carbocycles. The van der Waals surface area contributed by atoms with Crippen molar-refractivity contribution in [3.05, 3.63) is 0 Å². The average Bonchev–Trinajstić information content (AvgIpc) is 1.58. The van der Waals surface area contributed by atoms with E-state index in [4.69, 9.17) is 0 Å². The van der Waals surface area contributed by atoms with Gasteiger partial charge in [0.05, 0.1) is 0 Å². The summed E-state index contributed by atoms with van der Waals surface area (Å²) in [6.07, 6.45) is 0. The first kappa shape index (κ1) is 10.6. The Hall–Kier alpha value is 0.566. The fourth-order valence-electron chi connectivity index (χ4n) is 1.12. The molecular formula is C8H18FGa. The van der Waals surface area contributed by atoms with E-state index in [2.05, 4.69) is 27.7 Å². The third-order valence-electron chi connectivity index (χ3n) is 1.45. The Morgan fingerprint density at radius 3 is 1.50 bits per heavy atom. The molecule has 0 spiro atoms. The SMILES string of the molecule is CC(C)[CH2][Ga]([F])[CH2]C(C)C. The summed E-state index contributed by atoms with van der Waals surface area (Å²) in [6.45, 7) is 8.44. The molecule has 60 valence electrons. The van der Waals surface area contributed by atoms with E-state index in [1.54, 1.807) is 0 Å². The molecule has 0 radical (unpaired) electrons. The van der Waals surface area contributed by atoms with Crippen molar-refractivity contribution in [1.29, 1.82) is 0 Å². The fourth-order valence-corrected chi connectivity index (χ4v) is 5.82. The average molecular weight is 203 g/mol. The van der Waals surface area contributed by atoms with Crippen LogP contribution in [0.5, 0.6) is 0 Å². The van der Waals surface area contributed by atoms with E-state index in [1.807, 2.05) is 0 Å². The molecule has 0 amide bonds. The first-order valence-corrected chi connectivity index (χ1v) is 8.50. The zero-order chi connectivity index (χ0) is 8.15. The summed E-state index contributed by atoms with van der Waals surface area (Å²) in [5.74, 6) is 1.16. The standard InChI is InChI=1S/2C4H9.FH.Ga/c2*1-4(2)3;;/h2*4H,1H2,2-3H3;1H;/q;;;+1/p-1. The molecule has 0 aliphatic rings. The second-order valence-electron chi connectivity index (χ2n) is 3.86. The summed E-state index contributed by atoms with van der Waals surface area (Å²) < 4.78 is 13.1. The van der Waals surface area contributed by atoms with Crippen LogP contribution in [0.2, 0.25) is 9.95 Å². The van der Waals surface area contributed by atoms with Gasteiger partial charge in [-0.25, -0.2) is 0 Å². The van der Waals surface area contributed by atoms with Gasteiger partial charge in [-0.1, -0.05) is 0 Å². The van der Waals surface area contributed by atoms with Gasteiger partial charge in [0, 0.05) is 0 Å². The molecule has 0 aliphatic heterocycles. The molecule has 0 nitrogen and oxygen atoms in total. The molecule has 0 saturated carbocycles. The zero-order valence-electron chi connectivity index (χ0n) is 7.52. The van der Waals surface area contributed by atoms with Crippen molar-refractivity contribution in [2.45, 2.75) is 37.6 Å². The van der Waals surface area contributed by atoms with E-state index in [1.165, 1.54) is 0 Å². The van der Waals surface area contributed by atoms with E-state index in [9.17, 15) is 3.29 Å². The molecule has 0 unspecified atom stereocenters. The predicted octanol–water partition coefficient (Wildman–Crippen LogP) is 3.26. The Kier molecular flexibility index (Phi) is 5.54. The zero-order valence-corrected chi connectivity index (χ0v) is 9.95. The molecule has 0 fully saturated rings. The van der Waals surface area contributed by atoms with Crippen molar-refractivity contribution in [2.24, 2.45) is 11.8 Å². The van der Waals surface area contributed by atoms with Gasteiger partial charge in [0.1, 0.15) is 0 Å². The van der Waals surface area contributed by atoms with Gasteiger partial charge in [0.15, 0.2) is 0 Å². The van der Waals surface area contributed by atoms with Crippen molar-refractivity contribution >= 4 is 16.7 Å². The maximum absolute atomic E-state index is 13.1. The van der Waals surface area contributed by atoms with Crippen LogP contribution in [0.15, 0.2) is 0 Å². The van der Waals surface area contributed by atoms with Crippen LogP contribution in [-0.2, 0) is 0 Å². The first-order valence-electron chi connectivity index (χ1n) is 4.16. The Bertz CT molecular complexity index is 71.3. The Labute approximate surface area is 69.8 Å². The van der Waals surface area contributed by atoms with Gasteiger partial charge < -0.3 is 0 Å². The molecule has 0 heterocycles. The molecule has 0 aromatic rings. The summed E-state index contributed by atoms with van der Waals surface area (Å²) in [4.78, 5) is 1.82. The van der Waals surface area contributed by atoms with Gasteiger partial charge in [-0.05, 0) is 0 Å². The number of halogens is 1. The topological polar surface area (TPSA) is 0 Å². The molecule has 0 atom stereocenters. The van der Waals surface area contributed by atoms with Gasteiger partial charge in [-0.2, -0.15) is 0 Å². The van der Waals surface area contributed by atoms with E-state index >= 15 is 0 Å². The van der Waals surface area contributed by atoms with Gasteiger partial charge in [0.25, 0.3) is 0 Å². The number of rotatable bonds is 4. The van der Waals surface area contributed by atoms with Crippen molar-refractivity contribution in [2.75, 3.05) is 0 Å². The molecule has 0 N–H and O–H groups in total. The van der Waals surface area contributed by atoms with Crippen LogP contribution in [-0.4, -0.2) is 16.7 Å². The van der Waals surface area contributed by atoms with Gasteiger partial charge in [-0.3, -0.25) is 0 Å². The molecule has 10 heavy (non-hydrogen) atoms. The maximum atomic E-state index is 13.1.